The van der Waals surface area contributed by atoms with Crippen LogP contribution in [0.1, 0.15) is 34.6 Å². The predicted octanol–water partition coefficient (Wildman–Crippen LogP) is 2.82. The summed E-state index contributed by atoms with van der Waals surface area (Å²) < 4.78 is 43.0. The number of carbonyl (C=O) groups excluding carboxylic acids is 1. The summed E-state index contributed by atoms with van der Waals surface area (Å²) in [6.07, 6.45) is 1.93. The number of hydrogen-bond donors (Lipinski definition) is 1. The van der Waals surface area contributed by atoms with Gasteiger partial charge in [-0.15, -0.1) is 0 Å². The molecule has 0 bridgehead atoms. The van der Waals surface area contributed by atoms with E-state index in [1.165, 1.54) is 24.3 Å². The van der Waals surface area contributed by atoms with Crippen molar-refractivity contribution < 1.29 is 17.6 Å². The summed E-state index contributed by atoms with van der Waals surface area (Å²) in [4.78, 5) is 14.4. The Morgan fingerprint density at radius 1 is 1.15 bits per heavy atom. The molecule has 0 atom stereocenters. The maximum atomic E-state index is 13.2. The second kappa shape index (κ2) is 6.75. The lowest BCUT2D eigenvalue weighted by Gasteiger charge is -2.15. The number of carbonyl (C=O) groups is 1. The van der Waals surface area contributed by atoms with Crippen molar-refractivity contribution in [2.75, 3.05) is 17.8 Å². The molecule has 1 aliphatic heterocycles. The first kappa shape index (κ1) is 18.4. The van der Waals surface area contributed by atoms with Crippen molar-refractivity contribution in [2.45, 2.75) is 31.6 Å². The topological polar surface area (TPSA) is 71.4 Å². The van der Waals surface area contributed by atoms with Gasteiger partial charge in [0.2, 0.25) is 0 Å². The van der Waals surface area contributed by atoms with E-state index in [-0.39, 0.29) is 10.8 Å². The second-order valence-corrected chi connectivity index (χ2v) is 8.25. The van der Waals surface area contributed by atoms with E-state index >= 15 is 0 Å². The molecular formula is C18H22FN3O3S. The number of likely N-dealkylation sites (tertiary alicyclic amines) is 1. The summed E-state index contributed by atoms with van der Waals surface area (Å²) in [7, 11) is -2.22. The van der Waals surface area contributed by atoms with Gasteiger partial charge in [0.05, 0.1) is 5.69 Å². The van der Waals surface area contributed by atoms with Gasteiger partial charge < -0.3 is 9.47 Å². The van der Waals surface area contributed by atoms with Gasteiger partial charge in [0.15, 0.2) is 0 Å². The van der Waals surface area contributed by atoms with E-state index in [9.17, 15) is 17.6 Å². The molecule has 6 nitrogen and oxygen atoms in total. The highest BCUT2D eigenvalue weighted by Crippen LogP contribution is 2.26. The first-order valence-electron chi connectivity index (χ1n) is 8.45. The SMILES string of the molecule is Cc1cc(F)ccc1NS(=O)(=O)c1cc(C(=O)N2CCCC2)n(C)c1C. The van der Waals surface area contributed by atoms with Crippen LogP contribution in [0.2, 0.25) is 0 Å². The van der Waals surface area contributed by atoms with Crippen LogP contribution in [0.5, 0.6) is 0 Å². The molecule has 3 rings (SSSR count). The summed E-state index contributed by atoms with van der Waals surface area (Å²) >= 11 is 0. The maximum Gasteiger partial charge on any atom is 0.270 e. The number of aryl methyl sites for hydroxylation is 1. The van der Waals surface area contributed by atoms with Gasteiger partial charge in [0, 0.05) is 25.8 Å². The highest BCUT2D eigenvalue weighted by Gasteiger charge is 2.28. The van der Waals surface area contributed by atoms with Crippen molar-refractivity contribution in [3.8, 4) is 0 Å². The quantitative estimate of drug-likeness (QED) is 0.888. The zero-order valence-corrected chi connectivity index (χ0v) is 15.9. The average molecular weight is 379 g/mol. The lowest BCUT2D eigenvalue weighted by Crippen LogP contribution is -2.29. The normalized spacial score (nSPS) is 14.7. The predicted molar refractivity (Wildman–Crippen MR) is 97.2 cm³/mol. The molecule has 1 saturated heterocycles. The second-order valence-electron chi connectivity index (χ2n) is 6.60. The molecule has 0 spiro atoms. The Kier molecular flexibility index (Phi) is 4.79. The zero-order chi connectivity index (χ0) is 19.1. The summed E-state index contributed by atoms with van der Waals surface area (Å²) in [5.41, 5.74) is 1.61. The summed E-state index contributed by atoms with van der Waals surface area (Å²) in [5.74, 6) is -0.590. The van der Waals surface area contributed by atoms with Crippen molar-refractivity contribution >= 4 is 21.6 Å². The number of hydrogen-bond acceptors (Lipinski definition) is 3. The Labute approximate surface area is 152 Å². The highest BCUT2D eigenvalue weighted by molar-refractivity contribution is 7.92. The van der Waals surface area contributed by atoms with Crippen LogP contribution < -0.4 is 4.72 Å². The Morgan fingerprint density at radius 3 is 2.42 bits per heavy atom. The van der Waals surface area contributed by atoms with Crippen molar-refractivity contribution in [1.29, 1.82) is 0 Å². The van der Waals surface area contributed by atoms with Gasteiger partial charge in [-0.3, -0.25) is 9.52 Å². The molecule has 2 aromatic rings. The lowest BCUT2D eigenvalue weighted by atomic mass is 10.2. The minimum atomic E-state index is -3.90. The molecule has 0 unspecified atom stereocenters. The van der Waals surface area contributed by atoms with Crippen LogP contribution >= 0.6 is 0 Å². The maximum absolute atomic E-state index is 13.2. The third kappa shape index (κ3) is 3.33. The van der Waals surface area contributed by atoms with Crippen LogP contribution in [0.15, 0.2) is 29.2 Å². The van der Waals surface area contributed by atoms with Crippen molar-refractivity contribution in [2.24, 2.45) is 7.05 Å². The zero-order valence-electron chi connectivity index (χ0n) is 15.0. The Balaban J connectivity index is 1.95. The fourth-order valence-electron chi connectivity index (χ4n) is 3.17. The molecule has 26 heavy (non-hydrogen) atoms. The number of nitrogens with zero attached hydrogens (tertiary/aromatic N) is 2. The number of anilines is 1. The first-order valence-corrected chi connectivity index (χ1v) is 9.93. The molecule has 1 aliphatic rings. The number of amides is 1. The monoisotopic (exact) mass is 379 g/mol. The van der Waals surface area contributed by atoms with E-state index in [0.717, 1.165) is 12.8 Å². The largest absolute Gasteiger partial charge is 0.343 e. The minimum Gasteiger partial charge on any atom is -0.343 e. The summed E-state index contributed by atoms with van der Waals surface area (Å²) in [5, 5.41) is 0. The van der Waals surface area contributed by atoms with Crippen LogP contribution in [0.3, 0.4) is 0 Å². The van der Waals surface area contributed by atoms with Gasteiger partial charge in [-0.1, -0.05) is 0 Å². The van der Waals surface area contributed by atoms with Crippen LogP contribution in [0.25, 0.3) is 0 Å². The van der Waals surface area contributed by atoms with E-state index in [4.69, 9.17) is 0 Å². The lowest BCUT2D eigenvalue weighted by molar-refractivity contribution is 0.0783. The van der Waals surface area contributed by atoms with Crippen LogP contribution in [0, 0.1) is 19.7 Å². The van der Waals surface area contributed by atoms with Crippen LogP contribution in [-0.4, -0.2) is 36.9 Å². The molecule has 0 aliphatic carbocycles. The first-order chi connectivity index (χ1) is 12.2. The fraction of sp³-hybridized carbons (Fsp3) is 0.389. The number of aromatic nitrogens is 1. The number of nitrogens with one attached hydrogen (secondary N) is 1. The molecule has 0 saturated carbocycles. The van der Waals surface area contributed by atoms with E-state index in [1.807, 2.05) is 0 Å². The third-order valence-corrected chi connectivity index (χ3v) is 6.30. The standard InChI is InChI=1S/C18H22FN3O3S/c1-12-10-14(19)6-7-15(12)20-26(24,25)17-11-16(21(3)13(17)2)18(23)22-8-4-5-9-22/h6-7,10-11,20H,4-5,8-9H2,1-3H3. The Hall–Kier alpha value is -2.35. The molecular weight excluding hydrogens is 357 g/mol. The number of halogens is 1. The van der Waals surface area contributed by atoms with E-state index in [2.05, 4.69) is 4.72 Å². The van der Waals surface area contributed by atoms with Gasteiger partial charge in [0.1, 0.15) is 16.4 Å². The minimum absolute atomic E-state index is 0.0475. The number of sulfonamides is 1. The summed E-state index contributed by atoms with van der Waals surface area (Å²) in [6.45, 7) is 4.67. The molecule has 1 amide bonds. The molecule has 2 heterocycles. The van der Waals surface area contributed by atoms with Gasteiger partial charge in [-0.05, 0) is 56.5 Å². The smallest absolute Gasteiger partial charge is 0.270 e. The molecule has 1 aromatic carbocycles. The van der Waals surface area contributed by atoms with Gasteiger partial charge in [-0.2, -0.15) is 0 Å². The highest BCUT2D eigenvalue weighted by atomic mass is 32.2. The van der Waals surface area contributed by atoms with Crippen molar-refractivity contribution in [3.63, 3.8) is 0 Å². The van der Waals surface area contributed by atoms with Gasteiger partial charge in [-0.25, -0.2) is 12.8 Å². The van der Waals surface area contributed by atoms with E-state index in [0.29, 0.717) is 35.7 Å². The van der Waals surface area contributed by atoms with Gasteiger partial charge in [0.25, 0.3) is 15.9 Å². The molecule has 1 aromatic heterocycles. The number of rotatable bonds is 4. The van der Waals surface area contributed by atoms with Crippen molar-refractivity contribution in [1.82, 2.24) is 9.47 Å². The summed E-state index contributed by atoms with van der Waals surface area (Å²) in [6, 6.07) is 5.26. The van der Waals surface area contributed by atoms with Crippen LogP contribution in [-0.2, 0) is 17.1 Å². The number of benzene rings is 1. The fourth-order valence-corrected chi connectivity index (χ4v) is 4.59. The van der Waals surface area contributed by atoms with Crippen molar-refractivity contribution in [3.05, 3.63) is 47.0 Å². The van der Waals surface area contributed by atoms with E-state index < -0.39 is 15.8 Å². The Bertz CT molecular complexity index is 960. The molecule has 140 valence electrons. The molecule has 1 N–H and O–H groups in total. The van der Waals surface area contributed by atoms with Gasteiger partial charge >= 0.3 is 0 Å². The average Bonchev–Trinajstić information content (AvgIpc) is 3.20. The molecule has 8 heteroatoms. The van der Waals surface area contributed by atoms with E-state index in [1.54, 1.807) is 30.4 Å². The van der Waals surface area contributed by atoms with Crippen LogP contribution in [0.4, 0.5) is 10.1 Å². The Morgan fingerprint density at radius 2 is 1.81 bits per heavy atom. The molecule has 1 fully saturated rings. The third-order valence-electron chi connectivity index (χ3n) is 4.82. The molecule has 0 radical (unpaired) electrons.